The Balaban J connectivity index is 1.45. The molecule has 43 heavy (non-hydrogen) atoms. The fourth-order valence-corrected chi connectivity index (χ4v) is 7.00. The molecule has 0 saturated heterocycles. The molecule has 5 rings (SSSR count). The van der Waals surface area contributed by atoms with Crippen molar-refractivity contribution in [1.29, 1.82) is 0 Å². The summed E-state index contributed by atoms with van der Waals surface area (Å²) in [5, 5.41) is 3.13. The molecule has 228 valence electrons. The molecular formula is C33H39N3O6S. The Morgan fingerprint density at radius 3 is 2.23 bits per heavy atom. The fraction of sp³-hybridized carbons (Fsp3) is 0.394. The number of nitrogens with one attached hydrogen (secondary N) is 1. The van der Waals surface area contributed by atoms with Gasteiger partial charge in [-0.25, -0.2) is 8.42 Å². The van der Waals surface area contributed by atoms with E-state index in [0.717, 1.165) is 42.0 Å². The van der Waals surface area contributed by atoms with Gasteiger partial charge in [-0.3, -0.25) is 13.9 Å². The Bertz CT molecular complexity index is 1490. The van der Waals surface area contributed by atoms with Crippen LogP contribution in [0.25, 0.3) is 0 Å². The molecule has 1 heterocycles. The molecule has 0 aromatic heterocycles. The van der Waals surface area contributed by atoms with Crippen LogP contribution in [0, 0.1) is 0 Å². The quantitative estimate of drug-likeness (QED) is 0.344. The van der Waals surface area contributed by atoms with Crippen molar-refractivity contribution >= 4 is 27.5 Å². The maximum atomic E-state index is 14.1. The van der Waals surface area contributed by atoms with Crippen molar-refractivity contribution in [2.45, 2.75) is 62.4 Å². The van der Waals surface area contributed by atoms with Gasteiger partial charge in [-0.05, 0) is 56.0 Å². The van der Waals surface area contributed by atoms with E-state index >= 15 is 0 Å². The third kappa shape index (κ3) is 7.48. The lowest BCUT2D eigenvalue weighted by atomic mass is 9.95. The number of carbonyl (C=O) groups is 2. The zero-order valence-electron chi connectivity index (χ0n) is 24.5. The molecule has 1 aliphatic carbocycles. The van der Waals surface area contributed by atoms with E-state index in [0.29, 0.717) is 31.1 Å². The van der Waals surface area contributed by atoms with Gasteiger partial charge in [0.1, 0.15) is 25.8 Å². The van der Waals surface area contributed by atoms with Crippen LogP contribution < -0.4 is 19.1 Å². The summed E-state index contributed by atoms with van der Waals surface area (Å²) in [5.41, 5.74) is 1.28. The summed E-state index contributed by atoms with van der Waals surface area (Å²) in [5.74, 6) is 0.211. The van der Waals surface area contributed by atoms with Crippen molar-refractivity contribution < 1.29 is 27.5 Å². The third-order valence-electron chi connectivity index (χ3n) is 8.03. The Hall–Kier alpha value is -4.05. The van der Waals surface area contributed by atoms with Crippen LogP contribution in [0.15, 0.2) is 83.8 Å². The highest BCUT2D eigenvalue weighted by Crippen LogP contribution is 2.36. The highest BCUT2D eigenvalue weighted by Gasteiger charge is 2.33. The minimum atomic E-state index is -4.16. The minimum Gasteiger partial charge on any atom is -0.486 e. The van der Waals surface area contributed by atoms with Crippen molar-refractivity contribution in [2.75, 3.05) is 30.6 Å². The number of sulfonamides is 1. The molecule has 2 aliphatic rings. The summed E-state index contributed by atoms with van der Waals surface area (Å²) in [6.07, 6.45) is 5.65. The molecule has 2 amide bonds. The van der Waals surface area contributed by atoms with E-state index in [4.69, 9.17) is 9.47 Å². The summed E-state index contributed by atoms with van der Waals surface area (Å²) < 4.78 is 40.5. The fourth-order valence-electron chi connectivity index (χ4n) is 5.57. The van der Waals surface area contributed by atoms with Gasteiger partial charge in [0.2, 0.25) is 11.8 Å². The van der Waals surface area contributed by atoms with Gasteiger partial charge in [-0.15, -0.1) is 0 Å². The van der Waals surface area contributed by atoms with Gasteiger partial charge in [-0.2, -0.15) is 0 Å². The number of nitrogens with zero attached hydrogens (tertiary/aromatic N) is 2. The number of anilines is 1. The smallest absolute Gasteiger partial charge is 0.264 e. The molecule has 1 fully saturated rings. The predicted octanol–water partition coefficient (Wildman–Crippen LogP) is 4.56. The minimum absolute atomic E-state index is 0.0524. The number of benzene rings is 3. The van der Waals surface area contributed by atoms with Crippen LogP contribution in [0.2, 0.25) is 0 Å². The summed E-state index contributed by atoms with van der Waals surface area (Å²) in [6.45, 7) is 2.20. The van der Waals surface area contributed by atoms with Gasteiger partial charge < -0.3 is 19.7 Å². The Kier molecular flexibility index (Phi) is 9.86. The van der Waals surface area contributed by atoms with Gasteiger partial charge in [-0.1, -0.05) is 67.8 Å². The van der Waals surface area contributed by atoms with Crippen LogP contribution >= 0.6 is 0 Å². The summed E-state index contributed by atoms with van der Waals surface area (Å²) in [7, 11) is -4.16. The largest absolute Gasteiger partial charge is 0.486 e. The zero-order chi connectivity index (χ0) is 30.2. The van der Waals surface area contributed by atoms with Crippen molar-refractivity contribution in [3.8, 4) is 11.5 Å². The summed E-state index contributed by atoms with van der Waals surface area (Å²) in [4.78, 5) is 29.1. The predicted molar refractivity (Wildman–Crippen MR) is 165 cm³/mol. The lowest BCUT2D eigenvalue weighted by molar-refractivity contribution is -0.139. The summed E-state index contributed by atoms with van der Waals surface area (Å²) in [6, 6.07) is 21.9. The zero-order valence-corrected chi connectivity index (χ0v) is 25.3. The number of hydrogen-bond acceptors (Lipinski definition) is 6. The van der Waals surface area contributed by atoms with Crippen LogP contribution in [0.5, 0.6) is 11.5 Å². The molecule has 1 atom stereocenters. The first kappa shape index (κ1) is 30.4. The number of carbonyl (C=O) groups excluding carboxylic acids is 2. The number of fused-ring (bicyclic) bond motifs is 1. The van der Waals surface area contributed by atoms with Crippen molar-refractivity contribution in [1.82, 2.24) is 10.2 Å². The van der Waals surface area contributed by atoms with Gasteiger partial charge in [0.05, 0.1) is 10.6 Å². The van der Waals surface area contributed by atoms with Crippen LogP contribution in [0.3, 0.4) is 0 Å². The second-order valence-electron chi connectivity index (χ2n) is 11.0. The van der Waals surface area contributed by atoms with Crippen LogP contribution in [-0.4, -0.2) is 63.5 Å². The van der Waals surface area contributed by atoms with E-state index in [1.807, 2.05) is 30.3 Å². The summed E-state index contributed by atoms with van der Waals surface area (Å²) >= 11 is 0. The Labute approximate surface area is 253 Å². The van der Waals surface area contributed by atoms with E-state index in [1.165, 1.54) is 17.0 Å². The second-order valence-corrected chi connectivity index (χ2v) is 12.9. The van der Waals surface area contributed by atoms with Gasteiger partial charge in [0.25, 0.3) is 10.0 Å². The normalized spacial score (nSPS) is 15.7. The SMILES string of the molecule is C[C@@H](C(=O)NC1CCCCC1)N(CCc1ccccc1)C(=O)CN(c1ccc2c(c1)OCCO2)S(=O)(=O)c1ccccc1. The molecule has 3 aromatic rings. The highest BCUT2D eigenvalue weighted by atomic mass is 32.2. The van der Waals surface area contributed by atoms with E-state index in [2.05, 4.69) is 5.32 Å². The second kappa shape index (κ2) is 13.9. The molecule has 9 nitrogen and oxygen atoms in total. The van der Waals surface area contributed by atoms with E-state index in [-0.39, 0.29) is 29.1 Å². The van der Waals surface area contributed by atoms with Crippen molar-refractivity contribution in [2.24, 2.45) is 0 Å². The Morgan fingerprint density at radius 2 is 1.53 bits per heavy atom. The lowest BCUT2D eigenvalue weighted by Gasteiger charge is -2.33. The third-order valence-corrected chi connectivity index (χ3v) is 9.81. The molecular weight excluding hydrogens is 566 g/mol. The molecule has 0 bridgehead atoms. The van der Waals surface area contributed by atoms with Gasteiger partial charge in [0, 0.05) is 18.7 Å². The number of rotatable bonds is 11. The van der Waals surface area contributed by atoms with E-state index < -0.39 is 28.5 Å². The first-order chi connectivity index (χ1) is 20.8. The number of amides is 2. The topological polar surface area (TPSA) is 105 Å². The average Bonchev–Trinajstić information content (AvgIpc) is 3.04. The molecule has 3 aromatic carbocycles. The Morgan fingerprint density at radius 1 is 0.884 bits per heavy atom. The number of ether oxygens (including phenoxy) is 2. The maximum absolute atomic E-state index is 14.1. The first-order valence-electron chi connectivity index (χ1n) is 14.9. The van der Waals surface area contributed by atoms with Crippen LogP contribution in [-0.2, 0) is 26.0 Å². The molecule has 1 aliphatic heterocycles. The monoisotopic (exact) mass is 605 g/mol. The molecule has 1 N–H and O–H groups in total. The molecule has 10 heteroatoms. The molecule has 0 radical (unpaired) electrons. The molecule has 0 spiro atoms. The van der Waals surface area contributed by atoms with Crippen LogP contribution in [0.1, 0.15) is 44.6 Å². The number of hydrogen-bond donors (Lipinski definition) is 1. The van der Waals surface area contributed by atoms with Gasteiger partial charge >= 0.3 is 0 Å². The standard InChI is InChI=1S/C33H39N3O6S/c1-25(33(38)34-27-13-7-3-8-14-27)35(20-19-26-11-5-2-6-12-26)32(37)24-36(43(39,40)29-15-9-4-10-16-29)28-17-18-30-31(23-28)42-22-21-41-30/h2,4-6,9-12,15-18,23,25,27H,3,7-8,13-14,19-22,24H2,1H3,(H,34,38)/t25-/m0/s1. The van der Waals surface area contributed by atoms with Crippen molar-refractivity contribution in [3.05, 3.63) is 84.4 Å². The molecule has 0 unspecified atom stereocenters. The highest BCUT2D eigenvalue weighted by molar-refractivity contribution is 7.92. The van der Waals surface area contributed by atoms with Crippen molar-refractivity contribution in [3.63, 3.8) is 0 Å². The lowest BCUT2D eigenvalue weighted by Crippen LogP contribution is -2.53. The maximum Gasteiger partial charge on any atom is 0.264 e. The van der Waals surface area contributed by atoms with Gasteiger partial charge in [0.15, 0.2) is 11.5 Å². The molecule has 1 saturated carbocycles. The average molecular weight is 606 g/mol. The first-order valence-corrected chi connectivity index (χ1v) is 16.4. The van der Waals surface area contributed by atoms with E-state index in [9.17, 15) is 18.0 Å². The van der Waals surface area contributed by atoms with E-state index in [1.54, 1.807) is 43.3 Å². The van der Waals surface area contributed by atoms with Crippen LogP contribution in [0.4, 0.5) is 5.69 Å².